The number of ether oxygens (including phenoxy) is 2. The number of nitrogens with one attached hydrogen (secondary N) is 1. The Hall–Kier alpha value is -2.56. The van der Waals surface area contributed by atoms with Gasteiger partial charge >= 0.3 is 0 Å². The van der Waals surface area contributed by atoms with E-state index in [0.29, 0.717) is 18.8 Å². The maximum absolute atomic E-state index is 11.9. The maximum Gasteiger partial charge on any atom is 0.224 e. The number of carbonyl (C=O) groups excluding carboxylic acids is 1. The number of nitrogens with zero attached hydrogens (tertiary/aromatic N) is 1. The van der Waals surface area contributed by atoms with E-state index in [1.54, 1.807) is 26.5 Å². The van der Waals surface area contributed by atoms with Crippen LogP contribution in [0.2, 0.25) is 0 Å². The summed E-state index contributed by atoms with van der Waals surface area (Å²) in [5.74, 6) is 1.29. The molecule has 1 N–H and O–H groups in total. The van der Waals surface area contributed by atoms with Gasteiger partial charge in [0.1, 0.15) is 5.75 Å². The van der Waals surface area contributed by atoms with Gasteiger partial charge in [0.2, 0.25) is 11.8 Å². The van der Waals surface area contributed by atoms with Crippen molar-refractivity contribution in [2.45, 2.75) is 13.0 Å². The fourth-order valence-electron chi connectivity index (χ4n) is 1.86. The van der Waals surface area contributed by atoms with Crippen molar-refractivity contribution in [1.29, 1.82) is 0 Å². The molecule has 1 aromatic carbocycles. The molecule has 1 amide bonds. The second-order valence-corrected chi connectivity index (χ2v) is 4.51. The smallest absolute Gasteiger partial charge is 0.224 e. The zero-order valence-corrected chi connectivity index (χ0v) is 12.1. The van der Waals surface area contributed by atoms with Crippen molar-refractivity contribution in [3.05, 3.63) is 53.7 Å². The third-order valence-corrected chi connectivity index (χ3v) is 3.02. The predicted octanol–water partition coefficient (Wildman–Crippen LogP) is 1.96. The summed E-state index contributed by atoms with van der Waals surface area (Å²) in [6.07, 6.45) is 2.00. The van der Waals surface area contributed by atoms with Gasteiger partial charge < -0.3 is 14.8 Å². The lowest BCUT2D eigenvalue weighted by atomic mass is 10.1. The zero-order valence-electron chi connectivity index (χ0n) is 12.1. The summed E-state index contributed by atoms with van der Waals surface area (Å²) < 4.78 is 10.1. The summed E-state index contributed by atoms with van der Waals surface area (Å²) in [7, 11) is 3.18. The summed E-state index contributed by atoms with van der Waals surface area (Å²) in [5.41, 5.74) is 1.89. The molecule has 1 aromatic heterocycles. The summed E-state index contributed by atoms with van der Waals surface area (Å²) in [5, 5.41) is 2.87. The highest BCUT2D eigenvalue weighted by atomic mass is 16.5. The third-order valence-electron chi connectivity index (χ3n) is 3.02. The fourth-order valence-corrected chi connectivity index (χ4v) is 1.86. The van der Waals surface area contributed by atoms with E-state index in [-0.39, 0.29) is 5.91 Å². The van der Waals surface area contributed by atoms with E-state index in [2.05, 4.69) is 10.3 Å². The topological polar surface area (TPSA) is 60.5 Å². The molecule has 0 fully saturated rings. The molecule has 0 saturated heterocycles. The molecule has 0 saturated carbocycles. The standard InChI is InChI=1S/C16H18N2O3/c1-20-14-5-3-12(4-6-14)9-15(19)18-11-13-7-8-17-16(10-13)21-2/h3-8,10H,9,11H2,1-2H3,(H,18,19). The first-order valence-electron chi connectivity index (χ1n) is 6.60. The molecule has 0 unspecified atom stereocenters. The number of pyridine rings is 1. The van der Waals surface area contributed by atoms with Crippen molar-refractivity contribution < 1.29 is 14.3 Å². The largest absolute Gasteiger partial charge is 0.497 e. The van der Waals surface area contributed by atoms with Crippen LogP contribution in [0, 0.1) is 0 Å². The van der Waals surface area contributed by atoms with Crippen LogP contribution in [-0.2, 0) is 17.8 Å². The molecule has 5 heteroatoms. The van der Waals surface area contributed by atoms with Gasteiger partial charge in [-0.3, -0.25) is 4.79 Å². The van der Waals surface area contributed by atoms with Gasteiger partial charge in [-0.2, -0.15) is 0 Å². The molecule has 0 aliphatic carbocycles. The molecule has 1 heterocycles. The Morgan fingerprint density at radius 2 is 1.86 bits per heavy atom. The van der Waals surface area contributed by atoms with E-state index in [1.165, 1.54) is 0 Å². The van der Waals surface area contributed by atoms with Crippen molar-refractivity contribution in [1.82, 2.24) is 10.3 Å². The van der Waals surface area contributed by atoms with Gasteiger partial charge in [0.05, 0.1) is 20.6 Å². The normalized spacial score (nSPS) is 10.0. The minimum Gasteiger partial charge on any atom is -0.497 e. The fraction of sp³-hybridized carbons (Fsp3) is 0.250. The minimum atomic E-state index is -0.0315. The van der Waals surface area contributed by atoms with Gasteiger partial charge in [0, 0.05) is 18.8 Å². The average Bonchev–Trinajstić information content (AvgIpc) is 2.54. The van der Waals surface area contributed by atoms with Crippen LogP contribution in [-0.4, -0.2) is 25.1 Å². The number of hydrogen-bond donors (Lipinski definition) is 1. The van der Waals surface area contributed by atoms with Crippen LogP contribution in [0.15, 0.2) is 42.6 Å². The quantitative estimate of drug-likeness (QED) is 0.882. The highest BCUT2D eigenvalue weighted by Gasteiger charge is 2.04. The molecular weight excluding hydrogens is 268 g/mol. The van der Waals surface area contributed by atoms with E-state index in [9.17, 15) is 4.79 Å². The number of rotatable bonds is 6. The number of benzene rings is 1. The van der Waals surface area contributed by atoms with E-state index < -0.39 is 0 Å². The Labute approximate surface area is 123 Å². The Kier molecular flexibility index (Phi) is 5.15. The molecule has 2 aromatic rings. The lowest BCUT2D eigenvalue weighted by Gasteiger charge is -2.07. The van der Waals surface area contributed by atoms with Crippen molar-refractivity contribution in [2.75, 3.05) is 14.2 Å². The SMILES string of the molecule is COc1ccc(CC(=O)NCc2ccnc(OC)c2)cc1. The van der Waals surface area contributed by atoms with Gasteiger partial charge in [-0.25, -0.2) is 4.98 Å². The van der Waals surface area contributed by atoms with Crippen LogP contribution in [0.1, 0.15) is 11.1 Å². The van der Waals surface area contributed by atoms with Crippen LogP contribution in [0.3, 0.4) is 0 Å². The van der Waals surface area contributed by atoms with Crippen molar-refractivity contribution in [2.24, 2.45) is 0 Å². The number of amides is 1. The molecule has 110 valence electrons. The van der Waals surface area contributed by atoms with Gasteiger partial charge in [-0.05, 0) is 29.3 Å². The maximum atomic E-state index is 11.9. The van der Waals surface area contributed by atoms with Crippen molar-refractivity contribution in [3.63, 3.8) is 0 Å². The van der Waals surface area contributed by atoms with Crippen molar-refractivity contribution in [3.8, 4) is 11.6 Å². The summed E-state index contributed by atoms with van der Waals surface area (Å²) >= 11 is 0. The van der Waals surface area contributed by atoms with Crippen LogP contribution in [0.4, 0.5) is 0 Å². The Morgan fingerprint density at radius 1 is 1.10 bits per heavy atom. The van der Waals surface area contributed by atoms with Crippen LogP contribution < -0.4 is 14.8 Å². The second-order valence-electron chi connectivity index (χ2n) is 4.51. The number of methoxy groups -OCH3 is 2. The Morgan fingerprint density at radius 3 is 2.52 bits per heavy atom. The first kappa shape index (κ1) is 14.8. The molecular formula is C16H18N2O3. The molecule has 0 spiro atoms. The first-order chi connectivity index (χ1) is 10.2. The number of aromatic nitrogens is 1. The molecule has 0 atom stereocenters. The number of hydrogen-bond acceptors (Lipinski definition) is 4. The molecule has 0 aliphatic heterocycles. The Balaban J connectivity index is 1.86. The third kappa shape index (κ3) is 4.49. The lowest BCUT2D eigenvalue weighted by molar-refractivity contribution is -0.120. The van der Waals surface area contributed by atoms with Gasteiger partial charge in [0.25, 0.3) is 0 Å². The van der Waals surface area contributed by atoms with Crippen LogP contribution in [0.5, 0.6) is 11.6 Å². The highest BCUT2D eigenvalue weighted by molar-refractivity contribution is 5.78. The monoisotopic (exact) mass is 286 g/mol. The van der Waals surface area contributed by atoms with Gasteiger partial charge in [0.15, 0.2) is 0 Å². The summed E-state index contributed by atoms with van der Waals surface area (Å²) in [6.45, 7) is 0.452. The molecule has 2 rings (SSSR count). The van der Waals surface area contributed by atoms with Crippen molar-refractivity contribution >= 4 is 5.91 Å². The average molecular weight is 286 g/mol. The summed E-state index contributed by atoms with van der Waals surface area (Å²) in [6, 6.07) is 11.1. The first-order valence-corrected chi connectivity index (χ1v) is 6.60. The molecule has 0 aliphatic rings. The summed E-state index contributed by atoms with van der Waals surface area (Å²) in [4.78, 5) is 15.9. The van der Waals surface area contributed by atoms with E-state index in [1.807, 2.05) is 30.3 Å². The zero-order chi connectivity index (χ0) is 15.1. The molecule has 0 bridgehead atoms. The minimum absolute atomic E-state index is 0.0315. The van der Waals surface area contributed by atoms with Crippen LogP contribution >= 0.6 is 0 Å². The van der Waals surface area contributed by atoms with E-state index in [4.69, 9.17) is 9.47 Å². The van der Waals surface area contributed by atoms with Gasteiger partial charge in [-0.15, -0.1) is 0 Å². The predicted molar refractivity (Wildman–Crippen MR) is 79.3 cm³/mol. The molecule has 21 heavy (non-hydrogen) atoms. The Bertz CT molecular complexity index is 597. The second kappa shape index (κ2) is 7.28. The van der Waals surface area contributed by atoms with Crippen LogP contribution in [0.25, 0.3) is 0 Å². The lowest BCUT2D eigenvalue weighted by Crippen LogP contribution is -2.24. The van der Waals surface area contributed by atoms with E-state index >= 15 is 0 Å². The highest BCUT2D eigenvalue weighted by Crippen LogP contribution is 2.12. The number of carbonyl (C=O) groups is 1. The molecule has 5 nitrogen and oxygen atoms in total. The van der Waals surface area contributed by atoms with Gasteiger partial charge in [-0.1, -0.05) is 12.1 Å². The van der Waals surface area contributed by atoms with E-state index in [0.717, 1.165) is 16.9 Å². The molecule has 0 radical (unpaired) electrons.